The Bertz CT molecular complexity index is 836. The molecule has 0 aliphatic carbocycles. The Labute approximate surface area is 163 Å². The first-order valence-corrected chi connectivity index (χ1v) is 9.13. The molecule has 146 valence electrons. The Balaban J connectivity index is 1.48. The van der Waals surface area contributed by atoms with Crippen LogP contribution in [0.5, 0.6) is 0 Å². The number of anilines is 1. The van der Waals surface area contributed by atoms with Gasteiger partial charge in [0.15, 0.2) is 0 Å². The second-order valence-electron chi connectivity index (χ2n) is 6.61. The molecule has 0 bridgehead atoms. The number of hydrogen-bond donors (Lipinski definition) is 2. The fraction of sp³-hybridized carbons (Fsp3) is 0.286. The van der Waals surface area contributed by atoms with Crippen LogP contribution in [0.3, 0.4) is 0 Å². The Morgan fingerprint density at radius 1 is 1.04 bits per heavy atom. The lowest BCUT2D eigenvalue weighted by atomic mass is 10.1. The minimum absolute atomic E-state index is 0.195. The quantitative estimate of drug-likeness (QED) is 0.789. The third-order valence-electron chi connectivity index (χ3n) is 4.51. The van der Waals surface area contributed by atoms with Crippen molar-refractivity contribution in [3.63, 3.8) is 0 Å². The summed E-state index contributed by atoms with van der Waals surface area (Å²) >= 11 is 0. The van der Waals surface area contributed by atoms with Gasteiger partial charge in [0.1, 0.15) is 6.10 Å². The maximum absolute atomic E-state index is 12.4. The number of benzene rings is 2. The summed E-state index contributed by atoms with van der Waals surface area (Å²) < 4.78 is 5.74. The summed E-state index contributed by atoms with van der Waals surface area (Å²) in [7, 11) is 0. The molecule has 1 fully saturated rings. The number of nitrogens with one attached hydrogen (secondary N) is 2. The standard InChI is InChI=1S/C21H23N3O4/c1-15-7-9-17(10-8-15)23-21(27)20(26)22-13-19(25)24-11-12-28-18(14-24)16-5-3-2-4-6-16/h2-10,18H,11-14H2,1H3,(H,22,26)(H,23,27). The summed E-state index contributed by atoms with van der Waals surface area (Å²) in [6, 6.07) is 16.8. The zero-order valence-corrected chi connectivity index (χ0v) is 15.7. The summed E-state index contributed by atoms with van der Waals surface area (Å²) in [4.78, 5) is 38.0. The van der Waals surface area contributed by atoms with Crippen molar-refractivity contribution >= 4 is 23.4 Å². The van der Waals surface area contributed by atoms with E-state index in [2.05, 4.69) is 10.6 Å². The van der Waals surface area contributed by atoms with Gasteiger partial charge in [0.2, 0.25) is 5.91 Å². The third kappa shape index (κ3) is 5.17. The molecule has 1 unspecified atom stereocenters. The van der Waals surface area contributed by atoms with Crippen LogP contribution >= 0.6 is 0 Å². The second kappa shape index (κ2) is 9.14. The van der Waals surface area contributed by atoms with E-state index in [1.54, 1.807) is 17.0 Å². The van der Waals surface area contributed by atoms with E-state index < -0.39 is 11.8 Å². The molecule has 7 heteroatoms. The summed E-state index contributed by atoms with van der Waals surface area (Å²) in [5, 5.41) is 4.89. The minimum atomic E-state index is -0.846. The Hall–Kier alpha value is -3.19. The van der Waals surface area contributed by atoms with Crippen LogP contribution < -0.4 is 10.6 Å². The first-order chi connectivity index (χ1) is 13.5. The average Bonchev–Trinajstić information content (AvgIpc) is 2.74. The zero-order valence-electron chi connectivity index (χ0n) is 15.7. The van der Waals surface area contributed by atoms with E-state index in [4.69, 9.17) is 4.74 Å². The number of ether oxygens (including phenoxy) is 1. The van der Waals surface area contributed by atoms with E-state index >= 15 is 0 Å². The Morgan fingerprint density at radius 2 is 1.75 bits per heavy atom. The van der Waals surface area contributed by atoms with Gasteiger partial charge >= 0.3 is 11.8 Å². The maximum Gasteiger partial charge on any atom is 0.313 e. The van der Waals surface area contributed by atoms with Crippen molar-refractivity contribution in [2.24, 2.45) is 0 Å². The van der Waals surface area contributed by atoms with Crippen molar-refractivity contribution < 1.29 is 19.1 Å². The highest BCUT2D eigenvalue weighted by atomic mass is 16.5. The van der Waals surface area contributed by atoms with Crippen LogP contribution in [0.2, 0.25) is 0 Å². The molecular weight excluding hydrogens is 358 g/mol. The number of nitrogens with zero attached hydrogens (tertiary/aromatic N) is 1. The predicted octanol–water partition coefficient (Wildman–Crippen LogP) is 1.65. The monoisotopic (exact) mass is 381 g/mol. The van der Waals surface area contributed by atoms with E-state index in [0.29, 0.717) is 25.4 Å². The van der Waals surface area contributed by atoms with E-state index in [-0.39, 0.29) is 18.6 Å². The molecule has 2 aromatic rings. The number of carbonyl (C=O) groups is 3. The number of aryl methyl sites for hydroxylation is 1. The molecule has 1 heterocycles. The molecule has 2 aromatic carbocycles. The zero-order chi connectivity index (χ0) is 19.9. The van der Waals surface area contributed by atoms with Crippen molar-refractivity contribution in [2.45, 2.75) is 13.0 Å². The predicted molar refractivity (Wildman–Crippen MR) is 105 cm³/mol. The molecule has 1 atom stereocenters. The molecular formula is C21H23N3O4. The van der Waals surface area contributed by atoms with Gasteiger partial charge in [0.25, 0.3) is 0 Å². The molecule has 1 aliphatic rings. The number of hydrogen-bond acceptors (Lipinski definition) is 4. The lowest BCUT2D eigenvalue weighted by Gasteiger charge is -2.33. The number of carbonyl (C=O) groups excluding carboxylic acids is 3. The van der Waals surface area contributed by atoms with Gasteiger partial charge in [0.05, 0.1) is 19.7 Å². The maximum atomic E-state index is 12.4. The molecule has 3 rings (SSSR count). The highest BCUT2D eigenvalue weighted by Crippen LogP contribution is 2.21. The van der Waals surface area contributed by atoms with E-state index in [1.165, 1.54) is 0 Å². The van der Waals surface area contributed by atoms with Crippen LogP contribution in [0.1, 0.15) is 17.2 Å². The third-order valence-corrected chi connectivity index (χ3v) is 4.51. The van der Waals surface area contributed by atoms with Crippen LogP contribution in [0, 0.1) is 6.92 Å². The number of rotatable bonds is 4. The van der Waals surface area contributed by atoms with E-state index in [0.717, 1.165) is 11.1 Å². The van der Waals surface area contributed by atoms with Gasteiger partial charge in [0, 0.05) is 12.2 Å². The molecule has 3 amide bonds. The van der Waals surface area contributed by atoms with Gasteiger partial charge in [-0.3, -0.25) is 14.4 Å². The molecule has 7 nitrogen and oxygen atoms in total. The van der Waals surface area contributed by atoms with Crippen LogP contribution in [-0.4, -0.2) is 48.9 Å². The lowest BCUT2D eigenvalue weighted by Crippen LogP contribution is -2.48. The Kier molecular flexibility index (Phi) is 6.39. The molecule has 0 spiro atoms. The topological polar surface area (TPSA) is 87.7 Å². The SMILES string of the molecule is Cc1ccc(NC(=O)C(=O)NCC(=O)N2CCOC(c3ccccc3)C2)cc1. The number of morpholine rings is 1. The van der Waals surface area contributed by atoms with Crippen LogP contribution in [-0.2, 0) is 19.1 Å². The molecule has 2 N–H and O–H groups in total. The molecule has 1 saturated heterocycles. The van der Waals surface area contributed by atoms with Crippen LogP contribution in [0.15, 0.2) is 54.6 Å². The fourth-order valence-corrected chi connectivity index (χ4v) is 2.92. The summed E-state index contributed by atoms with van der Waals surface area (Å²) in [6.45, 7) is 2.98. The normalized spacial score (nSPS) is 16.3. The van der Waals surface area contributed by atoms with Crippen LogP contribution in [0.25, 0.3) is 0 Å². The first-order valence-electron chi connectivity index (χ1n) is 9.13. The molecule has 0 aromatic heterocycles. The lowest BCUT2D eigenvalue weighted by molar-refractivity contribution is -0.141. The Morgan fingerprint density at radius 3 is 2.46 bits per heavy atom. The summed E-state index contributed by atoms with van der Waals surface area (Å²) in [6.07, 6.45) is -0.195. The largest absolute Gasteiger partial charge is 0.370 e. The van der Waals surface area contributed by atoms with Gasteiger partial charge in [-0.2, -0.15) is 0 Å². The van der Waals surface area contributed by atoms with Crippen LogP contribution in [0.4, 0.5) is 5.69 Å². The highest BCUT2D eigenvalue weighted by Gasteiger charge is 2.26. The highest BCUT2D eigenvalue weighted by molar-refractivity contribution is 6.39. The van der Waals surface area contributed by atoms with Gasteiger partial charge in [-0.25, -0.2) is 0 Å². The molecule has 1 aliphatic heterocycles. The molecule has 0 saturated carbocycles. The number of amides is 3. The van der Waals surface area contributed by atoms with Crippen molar-refractivity contribution in [1.82, 2.24) is 10.2 Å². The van der Waals surface area contributed by atoms with Crippen molar-refractivity contribution in [2.75, 3.05) is 31.6 Å². The summed E-state index contributed by atoms with van der Waals surface area (Å²) in [5.41, 5.74) is 2.57. The fourth-order valence-electron chi connectivity index (χ4n) is 2.92. The van der Waals surface area contributed by atoms with E-state index in [9.17, 15) is 14.4 Å². The smallest absolute Gasteiger partial charge is 0.313 e. The van der Waals surface area contributed by atoms with E-state index in [1.807, 2.05) is 49.4 Å². The van der Waals surface area contributed by atoms with Gasteiger partial charge in [-0.05, 0) is 24.6 Å². The second-order valence-corrected chi connectivity index (χ2v) is 6.61. The van der Waals surface area contributed by atoms with Gasteiger partial charge in [-0.15, -0.1) is 0 Å². The van der Waals surface area contributed by atoms with Crippen molar-refractivity contribution in [1.29, 1.82) is 0 Å². The average molecular weight is 381 g/mol. The van der Waals surface area contributed by atoms with Gasteiger partial charge in [-0.1, -0.05) is 48.0 Å². The van der Waals surface area contributed by atoms with Crippen molar-refractivity contribution in [3.05, 3.63) is 65.7 Å². The van der Waals surface area contributed by atoms with Crippen molar-refractivity contribution in [3.8, 4) is 0 Å². The van der Waals surface area contributed by atoms with Gasteiger partial charge < -0.3 is 20.3 Å². The molecule has 0 radical (unpaired) electrons. The summed E-state index contributed by atoms with van der Waals surface area (Å²) in [5.74, 6) is -1.90. The minimum Gasteiger partial charge on any atom is -0.370 e. The first kappa shape index (κ1) is 19.6. The molecule has 28 heavy (non-hydrogen) atoms.